The maximum absolute atomic E-state index is 12.5. The van der Waals surface area contributed by atoms with Gasteiger partial charge in [-0.15, -0.1) is 0 Å². The van der Waals surface area contributed by atoms with Gasteiger partial charge in [0.25, 0.3) is 11.0 Å². The maximum atomic E-state index is 12.5. The van der Waals surface area contributed by atoms with Crippen molar-refractivity contribution in [1.82, 2.24) is 5.32 Å². The van der Waals surface area contributed by atoms with Crippen molar-refractivity contribution in [3.05, 3.63) is 93.9 Å². The number of nitrogens with one attached hydrogen (secondary N) is 1. The van der Waals surface area contributed by atoms with Crippen LogP contribution in [-0.4, -0.2) is 104 Å². The summed E-state index contributed by atoms with van der Waals surface area (Å²) in [5.74, 6) is -0.257. The van der Waals surface area contributed by atoms with Crippen molar-refractivity contribution in [1.29, 1.82) is 0 Å². The molecule has 4 rings (SSSR count). The topological polar surface area (TPSA) is 284 Å². The first-order valence-corrected chi connectivity index (χ1v) is 21.0. The Balaban J connectivity index is 1.01. The second kappa shape index (κ2) is 20.5. The number of aliphatic hydroxyl groups is 2. The molecule has 0 aliphatic heterocycles. The molecule has 1 unspecified atom stereocenters. The Labute approximate surface area is 327 Å². The SMILES string of the molecule is Cc1ccc2c(=O)cc(-c3ccc(C(=O)NCCOCCOCCOCCC(=O)CCC(O)C[n+]4ccc(CC(O)(P(=O)(O)O)P(=O)(O)O)cc4)cc3)oc2c1O. The fourth-order valence-corrected chi connectivity index (χ4v) is 7.60. The van der Waals surface area contributed by atoms with Gasteiger partial charge >= 0.3 is 15.2 Å². The fraction of sp³-hybridized carbons (Fsp3) is 0.405. The number of carbonyl (C=O) groups excluding carboxylic acids is 2. The molecule has 20 heteroatoms. The number of ether oxygens (including phenoxy) is 3. The average molecular weight is 838 g/mol. The third kappa shape index (κ3) is 12.9. The van der Waals surface area contributed by atoms with E-state index in [0.717, 1.165) is 0 Å². The normalized spacial score (nSPS) is 12.8. The predicted molar refractivity (Wildman–Crippen MR) is 203 cm³/mol. The monoisotopic (exact) mass is 837 g/mol. The number of amides is 1. The number of hydrogen-bond acceptors (Lipinski definition) is 12. The summed E-state index contributed by atoms with van der Waals surface area (Å²) in [6, 6.07) is 13.7. The van der Waals surface area contributed by atoms with E-state index in [1.165, 1.54) is 35.2 Å². The molecule has 18 nitrogen and oxygen atoms in total. The number of aryl methyl sites for hydroxylation is 1. The number of hydrogen-bond donors (Lipinski definition) is 8. The zero-order valence-electron chi connectivity index (χ0n) is 31.1. The molecule has 0 saturated heterocycles. The van der Waals surface area contributed by atoms with Crippen LogP contribution >= 0.6 is 15.2 Å². The van der Waals surface area contributed by atoms with Crippen molar-refractivity contribution < 1.29 is 76.8 Å². The van der Waals surface area contributed by atoms with Gasteiger partial charge < -0.3 is 58.8 Å². The summed E-state index contributed by atoms with van der Waals surface area (Å²) in [5.41, 5.74) is 1.40. The van der Waals surface area contributed by atoms with E-state index in [9.17, 15) is 58.4 Å². The van der Waals surface area contributed by atoms with E-state index >= 15 is 0 Å². The van der Waals surface area contributed by atoms with Gasteiger partial charge in [0.1, 0.15) is 17.6 Å². The number of phenols is 1. The highest BCUT2D eigenvalue weighted by Crippen LogP contribution is 2.68. The standard InChI is InChI=1S/C37H46N2O16P2/c1-25-2-9-31-32(42)22-33(55-35(31)34(25)43)27-3-5-28(6-4-27)36(44)38-13-17-53-19-21-54-20-18-52-16-12-29(40)7-8-30(41)24-39-14-10-26(11-15-39)23-37(45,56(46,47)48)57(49,50)51/h2-6,9-11,14-15,22,30,41,45H,7-8,12-13,16-21,23-24H2,1H3,(H5-,38,43,44,46,47,48,49,50,51)/p+1. The lowest BCUT2D eigenvalue weighted by atomic mass is 10.1. The molecule has 0 aliphatic rings. The number of ketones is 1. The van der Waals surface area contributed by atoms with Crippen LogP contribution in [0, 0.1) is 6.92 Å². The molecule has 1 atom stereocenters. The average Bonchev–Trinajstić information content (AvgIpc) is 3.15. The molecule has 1 amide bonds. The van der Waals surface area contributed by atoms with E-state index in [4.69, 9.17) is 18.6 Å². The Morgan fingerprint density at radius 1 is 0.860 bits per heavy atom. The number of aliphatic hydroxyl groups excluding tert-OH is 1. The number of fused-ring (bicyclic) bond motifs is 1. The van der Waals surface area contributed by atoms with Crippen molar-refractivity contribution in [3.8, 4) is 17.1 Å². The molecule has 0 bridgehead atoms. The number of Topliss-reactive ketones (excluding diaryl/α,β-unsaturated/α-hetero) is 1. The lowest BCUT2D eigenvalue weighted by Crippen LogP contribution is -2.39. The predicted octanol–water partition coefficient (Wildman–Crippen LogP) is 1.89. The van der Waals surface area contributed by atoms with Gasteiger partial charge in [-0.1, -0.05) is 18.2 Å². The second-order valence-corrected chi connectivity index (χ2v) is 17.2. The van der Waals surface area contributed by atoms with Crippen molar-refractivity contribution in [3.63, 3.8) is 0 Å². The Morgan fingerprint density at radius 3 is 2.07 bits per heavy atom. The van der Waals surface area contributed by atoms with E-state index in [-0.39, 0.29) is 111 Å². The summed E-state index contributed by atoms with van der Waals surface area (Å²) in [6.45, 7) is 3.58. The molecule has 2 heterocycles. The van der Waals surface area contributed by atoms with Gasteiger partial charge in [0, 0.05) is 55.1 Å². The zero-order chi connectivity index (χ0) is 41.8. The van der Waals surface area contributed by atoms with Gasteiger partial charge in [-0.05, 0) is 42.7 Å². The molecule has 0 spiro atoms. The minimum atomic E-state index is -5.60. The first kappa shape index (κ1) is 45.5. The molecule has 4 aromatic rings. The van der Waals surface area contributed by atoms with E-state index in [1.807, 2.05) is 0 Å². The summed E-state index contributed by atoms with van der Waals surface area (Å²) >= 11 is 0. The third-order valence-electron chi connectivity index (χ3n) is 8.82. The van der Waals surface area contributed by atoms with Gasteiger partial charge in [0.05, 0.1) is 45.0 Å². The van der Waals surface area contributed by atoms with Crippen LogP contribution in [0.15, 0.2) is 76.2 Å². The Hall–Kier alpha value is -4.16. The number of carbonyl (C=O) groups is 2. The first-order chi connectivity index (χ1) is 26.9. The van der Waals surface area contributed by atoms with Crippen LogP contribution in [0.5, 0.6) is 5.75 Å². The van der Waals surface area contributed by atoms with Crippen molar-refractivity contribution in [2.75, 3.05) is 46.2 Å². The number of phenolic OH excluding ortho intramolecular Hbond substituents is 1. The summed E-state index contributed by atoms with van der Waals surface area (Å²) in [4.78, 5) is 74.5. The molecule has 0 radical (unpaired) electrons. The van der Waals surface area contributed by atoms with Crippen LogP contribution in [0.2, 0.25) is 0 Å². The molecule has 0 saturated carbocycles. The molecular weight excluding hydrogens is 790 g/mol. The Morgan fingerprint density at radius 2 is 1.46 bits per heavy atom. The smallest absolute Gasteiger partial charge is 0.369 e. The molecule has 2 aromatic heterocycles. The van der Waals surface area contributed by atoms with Gasteiger partial charge in [0.15, 0.2) is 35.7 Å². The van der Waals surface area contributed by atoms with Crippen molar-refractivity contribution in [2.24, 2.45) is 0 Å². The van der Waals surface area contributed by atoms with Crippen molar-refractivity contribution in [2.45, 2.75) is 50.3 Å². The summed E-state index contributed by atoms with van der Waals surface area (Å²) in [5, 5.41) is 30.2. The Bertz CT molecular complexity index is 2110. The highest BCUT2D eigenvalue weighted by molar-refractivity contribution is 7.72. The maximum Gasteiger partial charge on any atom is 0.369 e. The van der Waals surface area contributed by atoms with Crippen LogP contribution in [0.3, 0.4) is 0 Å². The van der Waals surface area contributed by atoms with E-state index in [2.05, 4.69) is 5.32 Å². The second-order valence-electron chi connectivity index (χ2n) is 13.2. The van der Waals surface area contributed by atoms with Crippen molar-refractivity contribution >= 4 is 37.9 Å². The molecule has 310 valence electrons. The van der Waals surface area contributed by atoms with Gasteiger partial charge in [-0.3, -0.25) is 23.5 Å². The molecule has 8 N–H and O–H groups in total. The van der Waals surface area contributed by atoms with Crippen LogP contribution in [0.25, 0.3) is 22.3 Å². The van der Waals surface area contributed by atoms with E-state index in [1.54, 1.807) is 43.3 Å². The summed E-state index contributed by atoms with van der Waals surface area (Å²) in [7, 11) is -11.2. The van der Waals surface area contributed by atoms with Gasteiger partial charge in [-0.2, -0.15) is 0 Å². The number of benzene rings is 2. The van der Waals surface area contributed by atoms with Crippen LogP contribution in [0.4, 0.5) is 0 Å². The lowest BCUT2D eigenvalue weighted by Gasteiger charge is -2.29. The summed E-state index contributed by atoms with van der Waals surface area (Å²) in [6.07, 6.45) is 1.29. The minimum absolute atomic E-state index is 0.0421. The quantitative estimate of drug-likeness (QED) is 0.0301. The number of nitrogens with zero attached hydrogens (tertiary/aromatic N) is 1. The zero-order valence-corrected chi connectivity index (χ0v) is 32.8. The van der Waals surface area contributed by atoms with E-state index in [0.29, 0.717) is 23.3 Å². The number of aromatic nitrogens is 1. The number of aromatic hydroxyl groups is 1. The van der Waals surface area contributed by atoms with E-state index < -0.39 is 32.8 Å². The molecule has 0 fully saturated rings. The molecular formula is C37H47N2O16P2+. The molecule has 0 aliphatic carbocycles. The fourth-order valence-electron chi connectivity index (χ4n) is 5.46. The number of pyridine rings is 1. The molecule has 2 aromatic carbocycles. The van der Waals surface area contributed by atoms with Crippen LogP contribution < -0.4 is 15.3 Å². The lowest BCUT2D eigenvalue weighted by molar-refractivity contribution is -0.703. The summed E-state index contributed by atoms with van der Waals surface area (Å²) < 4.78 is 46.8. The largest absolute Gasteiger partial charge is 0.504 e. The van der Waals surface area contributed by atoms with Gasteiger partial charge in [0.2, 0.25) is 0 Å². The highest BCUT2D eigenvalue weighted by Gasteiger charge is 2.59. The molecule has 57 heavy (non-hydrogen) atoms. The van der Waals surface area contributed by atoms with Crippen LogP contribution in [-0.2, 0) is 41.1 Å². The first-order valence-electron chi connectivity index (χ1n) is 17.8. The number of rotatable bonds is 23. The van der Waals surface area contributed by atoms with Crippen LogP contribution in [0.1, 0.15) is 40.7 Å². The Kier molecular flexibility index (Phi) is 16.4. The third-order valence-corrected chi connectivity index (χ3v) is 12.6. The highest BCUT2D eigenvalue weighted by atomic mass is 31.2. The minimum Gasteiger partial charge on any atom is -0.504 e. The van der Waals surface area contributed by atoms with Gasteiger partial charge in [-0.25, -0.2) is 4.57 Å².